The zero-order chi connectivity index (χ0) is 14.9. The molecule has 2 aromatic rings. The van der Waals surface area contributed by atoms with Crippen molar-refractivity contribution in [3.63, 3.8) is 0 Å². The van der Waals surface area contributed by atoms with E-state index in [0.29, 0.717) is 10.0 Å². The third kappa shape index (κ3) is 3.27. The van der Waals surface area contributed by atoms with Crippen molar-refractivity contribution in [2.24, 2.45) is 0 Å². The topological polar surface area (TPSA) is 12.0 Å². The molecule has 0 spiro atoms. The number of anilines is 1. The molecule has 1 N–H and O–H groups in total. The zero-order valence-corrected chi connectivity index (χ0v) is 12.7. The second-order valence-electron chi connectivity index (χ2n) is 4.28. The molecular formula is C14H10BrClF3N. The zero-order valence-electron chi connectivity index (χ0n) is 10.4. The number of hydrogen-bond acceptors (Lipinski definition) is 1. The molecule has 0 aliphatic rings. The Morgan fingerprint density at radius 2 is 1.80 bits per heavy atom. The van der Waals surface area contributed by atoms with Crippen molar-refractivity contribution >= 4 is 33.2 Å². The average Bonchev–Trinajstić information content (AvgIpc) is 2.33. The normalized spacial score (nSPS) is 12.3. The molecule has 0 aliphatic heterocycles. The molecule has 0 amide bonds. The molecular weight excluding hydrogens is 355 g/mol. The summed E-state index contributed by atoms with van der Waals surface area (Å²) in [7, 11) is 0. The van der Waals surface area contributed by atoms with E-state index in [1.165, 1.54) is 6.07 Å². The Balaban J connectivity index is 2.30. The molecule has 2 aromatic carbocycles. The van der Waals surface area contributed by atoms with E-state index >= 15 is 0 Å². The van der Waals surface area contributed by atoms with E-state index in [9.17, 15) is 13.2 Å². The molecule has 6 heteroatoms. The van der Waals surface area contributed by atoms with Crippen LogP contribution in [0, 0.1) is 17.5 Å². The van der Waals surface area contributed by atoms with Crippen LogP contribution in [-0.2, 0) is 0 Å². The summed E-state index contributed by atoms with van der Waals surface area (Å²) in [6.45, 7) is 1.66. The van der Waals surface area contributed by atoms with Crippen molar-refractivity contribution in [3.8, 4) is 0 Å². The molecule has 2 rings (SSSR count). The quantitative estimate of drug-likeness (QED) is 0.737. The predicted molar refractivity (Wildman–Crippen MR) is 77.5 cm³/mol. The Labute approximate surface area is 127 Å². The highest BCUT2D eigenvalue weighted by Gasteiger charge is 2.16. The first kappa shape index (κ1) is 15.2. The van der Waals surface area contributed by atoms with E-state index in [2.05, 4.69) is 21.2 Å². The van der Waals surface area contributed by atoms with Crippen LogP contribution < -0.4 is 5.32 Å². The number of rotatable bonds is 3. The summed E-state index contributed by atoms with van der Waals surface area (Å²) >= 11 is 8.95. The first-order valence-corrected chi connectivity index (χ1v) is 6.91. The molecule has 0 radical (unpaired) electrons. The fourth-order valence-corrected chi connectivity index (χ4v) is 2.41. The molecule has 1 unspecified atom stereocenters. The van der Waals surface area contributed by atoms with Gasteiger partial charge in [0.25, 0.3) is 0 Å². The minimum absolute atomic E-state index is 0.0529. The maximum Gasteiger partial charge on any atom is 0.150 e. The Morgan fingerprint density at radius 3 is 2.40 bits per heavy atom. The summed E-state index contributed by atoms with van der Waals surface area (Å²) in [6.07, 6.45) is 0. The predicted octanol–water partition coefficient (Wildman–Crippen LogP) is 5.69. The minimum atomic E-state index is -0.820. The van der Waals surface area contributed by atoms with Crippen LogP contribution >= 0.6 is 27.5 Å². The second kappa shape index (κ2) is 6.06. The third-order valence-electron chi connectivity index (χ3n) is 2.80. The fraction of sp³-hybridized carbons (Fsp3) is 0.143. The Bertz CT molecular complexity index is 625. The monoisotopic (exact) mass is 363 g/mol. The van der Waals surface area contributed by atoms with Crippen LogP contribution in [0.15, 0.2) is 34.8 Å². The van der Waals surface area contributed by atoms with Gasteiger partial charge in [-0.2, -0.15) is 0 Å². The maximum atomic E-state index is 13.8. The van der Waals surface area contributed by atoms with Gasteiger partial charge in [-0.15, -0.1) is 0 Å². The minimum Gasteiger partial charge on any atom is -0.375 e. The van der Waals surface area contributed by atoms with Crippen molar-refractivity contribution in [1.29, 1.82) is 0 Å². The van der Waals surface area contributed by atoms with E-state index in [-0.39, 0.29) is 10.7 Å². The molecule has 0 aliphatic carbocycles. The van der Waals surface area contributed by atoms with Gasteiger partial charge >= 0.3 is 0 Å². The van der Waals surface area contributed by atoms with E-state index in [4.69, 9.17) is 11.6 Å². The Kier molecular flexibility index (Phi) is 4.60. The van der Waals surface area contributed by atoms with E-state index in [1.54, 1.807) is 19.1 Å². The highest BCUT2D eigenvalue weighted by Crippen LogP contribution is 2.31. The van der Waals surface area contributed by atoms with Crippen molar-refractivity contribution in [1.82, 2.24) is 0 Å². The lowest BCUT2D eigenvalue weighted by Gasteiger charge is -2.18. The molecule has 1 nitrogen and oxygen atoms in total. The lowest BCUT2D eigenvalue weighted by molar-refractivity contribution is 0.580. The van der Waals surface area contributed by atoms with Crippen LogP contribution in [0.5, 0.6) is 0 Å². The van der Waals surface area contributed by atoms with Crippen molar-refractivity contribution in [2.75, 3.05) is 5.32 Å². The van der Waals surface area contributed by atoms with Crippen molar-refractivity contribution in [3.05, 3.63) is 62.8 Å². The van der Waals surface area contributed by atoms with Crippen LogP contribution in [-0.4, -0.2) is 0 Å². The molecule has 0 heterocycles. The highest BCUT2D eigenvalue weighted by molar-refractivity contribution is 9.10. The lowest BCUT2D eigenvalue weighted by Crippen LogP contribution is -2.10. The van der Waals surface area contributed by atoms with Gasteiger partial charge in [-0.25, -0.2) is 13.2 Å². The van der Waals surface area contributed by atoms with Gasteiger partial charge in [0, 0.05) is 16.1 Å². The first-order chi connectivity index (χ1) is 9.38. The molecule has 0 saturated heterocycles. The SMILES string of the molecule is CC(Nc1c(F)cc(F)cc1Cl)c1ccc(Br)cc1F. The molecule has 1 atom stereocenters. The summed E-state index contributed by atoms with van der Waals surface area (Å²) in [5.41, 5.74) is 0.302. The Hall–Kier alpha value is -1.20. The largest absolute Gasteiger partial charge is 0.375 e. The number of hydrogen-bond donors (Lipinski definition) is 1. The van der Waals surface area contributed by atoms with Crippen LogP contribution in [0.3, 0.4) is 0 Å². The third-order valence-corrected chi connectivity index (χ3v) is 3.59. The molecule has 20 heavy (non-hydrogen) atoms. The average molecular weight is 365 g/mol. The summed E-state index contributed by atoms with van der Waals surface area (Å²) in [5, 5.41) is 2.66. The van der Waals surface area contributed by atoms with E-state index < -0.39 is 23.5 Å². The molecule has 0 fully saturated rings. The number of nitrogens with one attached hydrogen (secondary N) is 1. The molecule has 0 bridgehead atoms. The van der Waals surface area contributed by atoms with Crippen molar-refractivity contribution in [2.45, 2.75) is 13.0 Å². The van der Waals surface area contributed by atoms with Crippen LogP contribution in [0.2, 0.25) is 5.02 Å². The van der Waals surface area contributed by atoms with Crippen LogP contribution in [0.25, 0.3) is 0 Å². The molecule has 0 saturated carbocycles. The lowest BCUT2D eigenvalue weighted by atomic mass is 10.1. The van der Waals surface area contributed by atoms with Gasteiger partial charge in [-0.1, -0.05) is 33.6 Å². The first-order valence-electron chi connectivity index (χ1n) is 5.74. The van der Waals surface area contributed by atoms with Gasteiger partial charge < -0.3 is 5.32 Å². The summed E-state index contributed by atoms with van der Waals surface area (Å²) in [5.74, 6) is -2.02. The molecule has 106 valence electrons. The maximum absolute atomic E-state index is 13.8. The molecule has 0 aromatic heterocycles. The van der Waals surface area contributed by atoms with Gasteiger partial charge in [0.2, 0.25) is 0 Å². The van der Waals surface area contributed by atoms with Crippen LogP contribution in [0.1, 0.15) is 18.5 Å². The highest BCUT2D eigenvalue weighted by atomic mass is 79.9. The fourth-order valence-electron chi connectivity index (χ4n) is 1.83. The van der Waals surface area contributed by atoms with Crippen LogP contribution in [0.4, 0.5) is 18.9 Å². The van der Waals surface area contributed by atoms with E-state index in [1.807, 2.05) is 0 Å². The van der Waals surface area contributed by atoms with E-state index in [0.717, 1.165) is 12.1 Å². The standard InChI is InChI=1S/C14H10BrClF3N/c1-7(10-3-2-8(15)4-12(10)18)20-14-11(16)5-9(17)6-13(14)19/h2-7,20H,1H3. The van der Waals surface area contributed by atoms with Gasteiger partial charge in [0.15, 0.2) is 5.82 Å². The van der Waals surface area contributed by atoms with Gasteiger partial charge in [-0.05, 0) is 25.1 Å². The summed E-state index contributed by atoms with van der Waals surface area (Å²) in [6, 6.07) is 5.76. The number of benzene rings is 2. The van der Waals surface area contributed by atoms with Gasteiger partial charge in [0.1, 0.15) is 11.6 Å². The smallest absolute Gasteiger partial charge is 0.150 e. The van der Waals surface area contributed by atoms with Crippen molar-refractivity contribution < 1.29 is 13.2 Å². The summed E-state index contributed by atoms with van der Waals surface area (Å²) in [4.78, 5) is 0. The Morgan fingerprint density at radius 1 is 1.10 bits per heavy atom. The summed E-state index contributed by atoms with van der Waals surface area (Å²) < 4.78 is 41.0. The van der Waals surface area contributed by atoms with Gasteiger partial charge in [0.05, 0.1) is 16.8 Å². The second-order valence-corrected chi connectivity index (χ2v) is 5.60. The number of halogens is 5. The van der Waals surface area contributed by atoms with Gasteiger partial charge in [-0.3, -0.25) is 0 Å².